The maximum absolute atomic E-state index is 2.28. The van der Waals surface area contributed by atoms with Gasteiger partial charge in [-0.05, 0) is 36.5 Å². The van der Waals surface area contributed by atoms with E-state index in [0.717, 1.165) is 0 Å². The first-order valence-electron chi connectivity index (χ1n) is 5.58. The van der Waals surface area contributed by atoms with Crippen LogP contribution < -0.4 is 0 Å². The molecule has 0 saturated carbocycles. The molecule has 0 atom stereocenters. The zero-order chi connectivity index (χ0) is 11.3. The Morgan fingerprint density at radius 3 is 2.07 bits per heavy atom. The first-order valence-corrected chi connectivity index (χ1v) is 5.58. The predicted molar refractivity (Wildman–Crippen MR) is 69.9 cm³/mol. The van der Waals surface area contributed by atoms with Crippen molar-refractivity contribution in [3.05, 3.63) is 47.0 Å². The van der Waals surface area contributed by atoms with E-state index < -0.39 is 0 Å². The van der Waals surface area contributed by atoms with Gasteiger partial charge in [0.25, 0.3) is 0 Å². The van der Waals surface area contributed by atoms with Gasteiger partial charge in [-0.1, -0.05) is 56.4 Å². The summed E-state index contributed by atoms with van der Waals surface area (Å²) in [6, 6.07) is 6.69. The smallest absolute Gasteiger partial charge is 0.0185 e. The van der Waals surface area contributed by atoms with Crippen molar-refractivity contribution in [1.29, 1.82) is 0 Å². The standard InChI is InChI=1S/C15H20/c1-5-7-13-9-10-14(12(3)4)11-15(13)8-6-2/h5-12H,1-4H3/b7-5-,8-6-. The zero-order valence-electron chi connectivity index (χ0n) is 10.1. The van der Waals surface area contributed by atoms with E-state index in [0.29, 0.717) is 5.92 Å². The van der Waals surface area contributed by atoms with Gasteiger partial charge in [0.05, 0.1) is 0 Å². The molecule has 0 saturated heterocycles. The Kier molecular flexibility index (Phi) is 4.36. The predicted octanol–water partition coefficient (Wildman–Crippen LogP) is 4.88. The molecule has 0 aliphatic carbocycles. The van der Waals surface area contributed by atoms with Crippen LogP contribution in [-0.4, -0.2) is 0 Å². The van der Waals surface area contributed by atoms with E-state index in [1.165, 1.54) is 16.7 Å². The summed E-state index contributed by atoms with van der Waals surface area (Å²) in [5.74, 6) is 0.591. The van der Waals surface area contributed by atoms with E-state index in [9.17, 15) is 0 Å². The number of hydrogen-bond acceptors (Lipinski definition) is 0. The van der Waals surface area contributed by atoms with Crippen LogP contribution in [0.25, 0.3) is 12.2 Å². The fourth-order valence-electron chi connectivity index (χ4n) is 1.61. The molecule has 0 aliphatic rings. The van der Waals surface area contributed by atoms with Crippen LogP contribution in [-0.2, 0) is 0 Å². The fourth-order valence-corrected chi connectivity index (χ4v) is 1.61. The molecule has 0 heteroatoms. The Morgan fingerprint density at radius 2 is 1.53 bits per heavy atom. The molecular formula is C15H20. The molecule has 0 aromatic heterocycles. The van der Waals surface area contributed by atoms with Crippen LogP contribution in [0.15, 0.2) is 30.4 Å². The van der Waals surface area contributed by atoms with E-state index in [-0.39, 0.29) is 0 Å². The molecule has 1 aromatic carbocycles. The minimum atomic E-state index is 0.591. The summed E-state index contributed by atoms with van der Waals surface area (Å²) < 4.78 is 0. The molecule has 15 heavy (non-hydrogen) atoms. The third kappa shape index (κ3) is 3.09. The molecule has 0 heterocycles. The van der Waals surface area contributed by atoms with Crippen molar-refractivity contribution in [2.75, 3.05) is 0 Å². The van der Waals surface area contributed by atoms with Gasteiger partial charge < -0.3 is 0 Å². The lowest BCUT2D eigenvalue weighted by Gasteiger charge is -2.08. The van der Waals surface area contributed by atoms with E-state index >= 15 is 0 Å². The highest BCUT2D eigenvalue weighted by molar-refractivity contribution is 5.65. The van der Waals surface area contributed by atoms with Crippen LogP contribution in [0.4, 0.5) is 0 Å². The van der Waals surface area contributed by atoms with Crippen molar-refractivity contribution in [3.63, 3.8) is 0 Å². The van der Waals surface area contributed by atoms with Crippen molar-refractivity contribution in [2.24, 2.45) is 0 Å². The molecule has 0 amide bonds. The highest BCUT2D eigenvalue weighted by Crippen LogP contribution is 2.21. The first kappa shape index (κ1) is 11.8. The molecule has 1 aromatic rings. The number of allylic oxidation sites excluding steroid dienone is 2. The number of benzene rings is 1. The van der Waals surface area contributed by atoms with Gasteiger partial charge in [0.1, 0.15) is 0 Å². The van der Waals surface area contributed by atoms with Crippen molar-refractivity contribution in [2.45, 2.75) is 33.6 Å². The van der Waals surface area contributed by atoms with Gasteiger partial charge in [0.2, 0.25) is 0 Å². The molecule has 0 nitrogen and oxygen atoms in total. The van der Waals surface area contributed by atoms with E-state index in [4.69, 9.17) is 0 Å². The molecule has 0 radical (unpaired) electrons. The van der Waals surface area contributed by atoms with Crippen molar-refractivity contribution >= 4 is 12.2 Å². The Balaban J connectivity index is 3.20. The van der Waals surface area contributed by atoms with Crippen LogP contribution in [0.5, 0.6) is 0 Å². The molecule has 1 rings (SSSR count). The molecule has 80 valence electrons. The Labute approximate surface area is 93.3 Å². The van der Waals surface area contributed by atoms with E-state index in [1.54, 1.807) is 0 Å². The summed E-state index contributed by atoms with van der Waals surface area (Å²) in [5.41, 5.74) is 4.00. The van der Waals surface area contributed by atoms with Gasteiger partial charge in [-0.15, -0.1) is 0 Å². The Hall–Kier alpha value is -1.30. The highest BCUT2D eigenvalue weighted by atomic mass is 14.1. The molecule has 0 spiro atoms. The topological polar surface area (TPSA) is 0 Å². The molecular weight excluding hydrogens is 180 g/mol. The van der Waals surface area contributed by atoms with Gasteiger partial charge in [-0.25, -0.2) is 0 Å². The SMILES string of the molecule is C/C=C\c1ccc(C(C)C)cc1/C=C\C. The molecule has 0 fully saturated rings. The Morgan fingerprint density at radius 1 is 0.933 bits per heavy atom. The summed E-state index contributed by atoms with van der Waals surface area (Å²) in [6.07, 6.45) is 8.49. The normalized spacial score (nSPS) is 12.1. The quantitative estimate of drug-likeness (QED) is 0.652. The van der Waals surface area contributed by atoms with E-state index in [2.05, 4.69) is 70.2 Å². The lowest BCUT2D eigenvalue weighted by Crippen LogP contribution is -1.90. The number of rotatable bonds is 3. The molecule has 0 bridgehead atoms. The fraction of sp³-hybridized carbons (Fsp3) is 0.333. The third-order valence-corrected chi connectivity index (χ3v) is 2.47. The van der Waals surface area contributed by atoms with Crippen LogP contribution in [0.1, 0.15) is 50.3 Å². The second-order valence-corrected chi connectivity index (χ2v) is 4.04. The molecule has 0 unspecified atom stereocenters. The van der Waals surface area contributed by atoms with Gasteiger partial charge in [-0.2, -0.15) is 0 Å². The molecule has 0 aliphatic heterocycles. The largest absolute Gasteiger partial charge is 0.0870 e. The minimum Gasteiger partial charge on any atom is -0.0870 e. The second-order valence-electron chi connectivity index (χ2n) is 4.04. The summed E-state index contributed by atoms with van der Waals surface area (Å²) in [6.45, 7) is 8.56. The second kappa shape index (κ2) is 5.55. The van der Waals surface area contributed by atoms with Gasteiger partial charge in [-0.3, -0.25) is 0 Å². The summed E-state index contributed by atoms with van der Waals surface area (Å²) >= 11 is 0. The summed E-state index contributed by atoms with van der Waals surface area (Å²) in [4.78, 5) is 0. The van der Waals surface area contributed by atoms with Gasteiger partial charge >= 0.3 is 0 Å². The minimum absolute atomic E-state index is 0.591. The lowest BCUT2D eigenvalue weighted by molar-refractivity contribution is 0.866. The number of hydrogen-bond donors (Lipinski definition) is 0. The third-order valence-electron chi connectivity index (χ3n) is 2.47. The molecule has 0 N–H and O–H groups in total. The maximum atomic E-state index is 2.28. The average Bonchev–Trinajstić information content (AvgIpc) is 2.21. The van der Waals surface area contributed by atoms with Crippen LogP contribution in [0.3, 0.4) is 0 Å². The Bertz CT molecular complexity index is 368. The highest BCUT2D eigenvalue weighted by Gasteiger charge is 2.02. The summed E-state index contributed by atoms with van der Waals surface area (Å²) in [7, 11) is 0. The lowest BCUT2D eigenvalue weighted by atomic mass is 9.97. The summed E-state index contributed by atoms with van der Waals surface area (Å²) in [5, 5.41) is 0. The first-order chi connectivity index (χ1) is 7.19. The maximum Gasteiger partial charge on any atom is -0.0185 e. The zero-order valence-corrected chi connectivity index (χ0v) is 10.1. The van der Waals surface area contributed by atoms with Crippen molar-refractivity contribution in [3.8, 4) is 0 Å². The monoisotopic (exact) mass is 200 g/mol. The van der Waals surface area contributed by atoms with Gasteiger partial charge in [0.15, 0.2) is 0 Å². The van der Waals surface area contributed by atoms with Crippen LogP contribution in [0.2, 0.25) is 0 Å². The van der Waals surface area contributed by atoms with Crippen molar-refractivity contribution < 1.29 is 0 Å². The van der Waals surface area contributed by atoms with E-state index in [1.807, 2.05) is 0 Å². The van der Waals surface area contributed by atoms with Crippen LogP contribution in [0, 0.1) is 0 Å². The average molecular weight is 200 g/mol. The van der Waals surface area contributed by atoms with Crippen LogP contribution >= 0.6 is 0 Å². The van der Waals surface area contributed by atoms with Gasteiger partial charge in [0, 0.05) is 0 Å². The van der Waals surface area contributed by atoms with Crippen molar-refractivity contribution in [1.82, 2.24) is 0 Å².